The maximum Gasteiger partial charge on any atom is 0.324 e. The van der Waals surface area contributed by atoms with Crippen molar-refractivity contribution >= 4 is 23.9 Å². The van der Waals surface area contributed by atoms with Crippen molar-refractivity contribution in [2.45, 2.75) is 37.8 Å². The first-order valence-electron chi connectivity index (χ1n) is 7.00. The van der Waals surface area contributed by atoms with E-state index < -0.39 is 30.0 Å². The van der Waals surface area contributed by atoms with Crippen LogP contribution >= 0.6 is 0 Å². The first-order valence-corrected chi connectivity index (χ1v) is 7.00. The molecule has 1 aliphatic heterocycles. The van der Waals surface area contributed by atoms with Crippen LogP contribution in [0.1, 0.15) is 25.7 Å². The Labute approximate surface area is 137 Å². The molecule has 1 fully saturated rings. The number of ether oxygens (including phenoxy) is 2. The molecule has 1 saturated heterocycles. The maximum absolute atomic E-state index is 11.1. The second kappa shape index (κ2) is 12.2. The second-order valence-corrected chi connectivity index (χ2v) is 4.64. The van der Waals surface area contributed by atoms with E-state index >= 15 is 0 Å². The number of esters is 2. The minimum atomic E-state index is -1.14. The number of nitrogens with one attached hydrogen (secondary N) is 2. The molecule has 2 atom stereocenters. The van der Waals surface area contributed by atoms with Crippen molar-refractivity contribution in [2.24, 2.45) is 11.7 Å². The number of cyclic esters (lactones) is 2. The second-order valence-electron chi connectivity index (χ2n) is 4.64. The number of nitrogens with two attached hydrogens (primary N) is 2. The lowest BCUT2D eigenvalue weighted by Crippen LogP contribution is -2.42. The lowest BCUT2D eigenvalue weighted by atomic mass is 10.2. The van der Waals surface area contributed by atoms with E-state index in [4.69, 9.17) is 31.4 Å². The lowest BCUT2D eigenvalue weighted by Gasteiger charge is -2.11. The summed E-state index contributed by atoms with van der Waals surface area (Å²) in [4.78, 5) is 42.2. The van der Waals surface area contributed by atoms with E-state index in [0.29, 0.717) is 6.42 Å². The molecule has 12 nitrogen and oxygen atoms in total. The van der Waals surface area contributed by atoms with Gasteiger partial charge in [0, 0.05) is 12.8 Å². The zero-order valence-electron chi connectivity index (χ0n) is 12.9. The third kappa shape index (κ3) is 9.68. The molecule has 24 heavy (non-hydrogen) atoms. The minimum absolute atomic E-state index is 0.0127. The summed E-state index contributed by atoms with van der Waals surface area (Å²) in [5.41, 5.74) is 4.28. The Morgan fingerprint density at radius 2 is 1.83 bits per heavy atom. The molecule has 0 spiro atoms. The standard InChI is InChI=1S/C7H12N2O4.C5H10N2O4/c8-9-5-1-2-6(10)12-3-4-13-7(5)11;6-7-3(5(10)11)1-2-4(8)9/h5,9H,1-4,8H2;3,7H,1-2,6H2,(H,8,9)(H,10,11)/t5-;3-/m00/s1. The van der Waals surface area contributed by atoms with Gasteiger partial charge in [-0.25, -0.2) is 10.9 Å². The summed E-state index contributed by atoms with van der Waals surface area (Å²) < 4.78 is 9.48. The molecule has 12 heteroatoms. The first-order chi connectivity index (χ1) is 11.3. The Morgan fingerprint density at radius 3 is 2.33 bits per heavy atom. The van der Waals surface area contributed by atoms with Crippen LogP contribution in [0.5, 0.6) is 0 Å². The SMILES string of the molecule is NN[C@@H](CCC(=O)O)C(=O)O.NN[C@H]1CCC(=O)OCCOC1=O. The van der Waals surface area contributed by atoms with Gasteiger partial charge in [-0.05, 0) is 12.8 Å². The smallest absolute Gasteiger partial charge is 0.324 e. The Balaban J connectivity index is 0.000000449. The van der Waals surface area contributed by atoms with E-state index in [1.165, 1.54) is 0 Å². The fourth-order valence-corrected chi connectivity index (χ4v) is 1.55. The predicted octanol–water partition coefficient (Wildman–Crippen LogP) is -2.53. The Kier molecular flexibility index (Phi) is 11.0. The van der Waals surface area contributed by atoms with E-state index in [1.54, 1.807) is 0 Å². The highest BCUT2D eigenvalue weighted by Crippen LogP contribution is 2.03. The Morgan fingerprint density at radius 1 is 1.21 bits per heavy atom. The topological polar surface area (TPSA) is 203 Å². The van der Waals surface area contributed by atoms with Crippen LogP contribution < -0.4 is 22.5 Å². The van der Waals surface area contributed by atoms with Crippen molar-refractivity contribution in [2.75, 3.05) is 13.2 Å². The van der Waals surface area contributed by atoms with Crippen LogP contribution in [-0.4, -0.2) is 59.4 Å². The van der Waals surface area contributed by atoms with Gasteiger partial charge in [0.15, 0.2) is 0 Å². The van der Waals surface area contributed by atoms with Crippen molar-refractivity contribution in [1.82, 2.24) is 10.9 Å². The number of rotatable bonds is 6. The zero-order chi connectivity index (χ0) is 18.5. The summed E-state index contributed by atoms with van der Waals surface area (Å²) in [6.07, 6.45) is 0.250. The van der Waals surface area contributed by atoms with Crippen LogP contribution in [0.15, 0.2) is 0 Å². The molecule has 138 valence electrons. The van der Waals surface area contributed by atoms with E-state index in [1.807, 2.05) is 5.43 Å². The highest BCUT2D eigenvalue weighted by Gasteiger charge is 2.21. The van der Waals surface area contributed by atoms with Gasteiger partial charge in [0.2, 0.25) is 0 Å². The Bertz CT molecular complexity index is 445. The third-order valence-corrected chi connectivity index (χ3v) is 2.86. The Hall–Kier alpha value is -2.28. The van der Waals surface area contributed by atoms with Gasteiger partial charge in [0.1, 0.15) is 25.3 Å². The summed E-state index contributed by atoms with van der Waals surface area (Å²) in [6.45, 7) is 0.199. The summed E-state index contributed by atoms with van der Waals surface area (Å²) in [5, 5.41) is 16.5. The van der Waals surface area contributed by atoms with E-state index in [-0.39, 0.29) is 38.4 Å². The van der Waals surface area contributed by atoms with E-state index in [0.717, 1.165) is 0 Å². The lowest BCUT2D eigenvalue weighted by molar-refractivity contribution is -0.150. The van der Waals surface area contributed by atoms with Crippen LogP contribution in [0.4, 0.5) is 0 Å². The molecule has 0 amide bonds. The number of carbonyl (C=O) groups excluding carboxylic acids is 2. The van der Waals surface area contributed by atoms with Crippen molar-refractivity contribution in [3.8, 4) is 0 Å². The van der Waals surface area contributed by atoms with Gasteiger partial charge < -0.3 is 19.7 Å². The first kappa shape index (κ1) is 21.7. The quantitative estimate of drug-likeness (QED) is 0.167. The summed E-state index contributed by atoms with van der Waals surface area (Å²) in [6, 6.07) is -1.60. The summed E-state index contributed by atoms with van der Waals surface area (Å²) in [7, 11) is 0. The van der Waals surface area contributed by atoms with Crippen LogP contribution in [0.2, 0.25) is 0 Å². The molecular formula is C12H22N4O8. The molecular weight excluding hydrogens is 328 g/mol. The largest absolute Gasteiger partial charge is 0.481 e. The van der Waals surface area contributed by atoms with Gasteiger partial charge in [-0.15, -0.1) is 0 Å². The number of hydrogen-bond acceptors (Lipinski definition) is 10. The highest BCUT2D eigenvalue weighted by molar-refractivity contribution is 5.77. The van der Waals surface area contributed by atoms with Crippen LogP contribution in [-0.2, 0) is 28.7 Å². The third-order valence-electron chi connectivity index (χ3n) is 2.86. The predicted molar refractivity (Wildman–Crippen MR) is 77.9 cm³/mol. The van der Waals surface area contributed by atoms with Gasteiger partial charge in [0.05, 0.1) is 0 Å². The average Bonchev–Trinajstić information content (AvgIpc) is 2.59. The van der Waals surface area contributed by atoms with Gasteiger partial charge in [-0.1, -0.05) is 0 Å². The monoisotopic (exact) mass is 350 g/mol. The number of hydrazine groups is 2. The number of carboxylic acids is 2. The molecule has 0 aromatic heterocycles. The van der Waals surface area contributed by atoms with Crippen molar-refractivity contribution in [1.29, 1.82) is 0 Å². The van der Waals surface area contributed by atoms with Gasteiger partial charge in [0.25, 0.3) is 0 Å². The van der Waals surface area contributed by atoms with Crippen molar-refractivity contribution < 1.29 is 38.9 Å². The molecule has 1 rings (SSSR count). The molecule has 0 aromatic carbocycles. The summed E-state index contributed by atoms with van der Waals surface area (Å²) in [5.74, 6) is 6.99. The zero-order valence-corrected chi connectivity index (χ0v) is 12.9. The van der Waals surface area contributed by atoms with Gasteiger partial charge in [-0.2, -0.15) is 0 Å². The van der Waals surface area contributed by atoms with Gasteiger partial charge >= 0.3 is 23.9 Å². The average molecular weight is 350 g/mol. The number of carboxylic acid groups (broad SMARTS) is 2. The molecule has 8 N–H and O–H groups in total. The normalized spacial score (nSPS) is 19.3. The minimum Gasteiger partial charge on any atom is -0.481 e. The highest BCUT2D eigenvalue weighted by atomic mass is 16.6. The molecule has 0 bridgehead atoms. The molecule has 0 aromatic rings. The van der Waals surface area contributed by atoms with Crippen LogP contribution in [0.25, 0.3) is 0 Å². The molecule has 0 aliphatic carbocycles. The number of aliphatic carboxylic acids is 2. The molecule has 1 heterocycles. The fraction of sp³-hybridized carbons (Fsp3) is 0.667. The van der Waals surface area contributed by atoms with Crippen molar-refractivity contribution in [3.63, 3.8) is 0 Å². The molecule has 0 saturated carbocycles. The van der Waals surface area contributed by atoms with Crippen LogP contribution in [0.3, 0.4) is 0 Å². The van der Waals surface area contributed by atoms with Crippen molar-refractivity contribution in [3.05, 3.63) is 0 Å². The molecule has 0 unspecified atom stereocenters. The number of carbonyl (C=O) groups is 4. The molecule has 1 aliphatic rings. The molecule has 0 radical (unpaired) electrons. The van der Waals surface area contributed by atoms with E-state index in [2.05, 4.69) is 5.43 Å². The maximum atomic E-state index is 11.1. The van der Waals surface area contributed by atoms with Gasteiger partial charge in [-0.3, -0.25) is 30.9 Å². The fourth-order valence-electron chi connectivity index (χ4n) is 1.55. The number of hydrogen-bond donors (Lipinski definition) is 6. The van der Waals surface area contributed by atoms with Crippen LogP contribution in [0, 0.1) is 0 Å². The summed E-state index contributed by atoms with van der Waals surface area (Å²) >= 11 is 0. The van der Waals surface area contributed by atoms with E-state index in [9.17, 15) is 19.2 Å².